The van der Waals surface area contributed by atoms with Crippen LogP contribution in [0.1, 0.15) is 32.3 Å². The summed E-state index contributed by atoms with van der Waals surface area (Å²) in [7, 11) is 4.25. The Kier molecular flexibility index (Phi) is 6.52. The molecule has 4 nitrogen and oxygen atoms in total. The average molecular weight is 425 g/mol. The standard InChI is InChI=1S/C28H32N4/c1-5-24(31(3)4)16-20(2)28(29)23-14-15-26-27(18-23)32(19-30-26)25-13-9-12-22(17-25)21-10-7-6-8-11-21/h6-15,17-20,24,29H,5,16H2,1-4H3. The molecule has 2 atom stereocenters. The molecule has 0 saturated heterocycles. The quantitative estimate of drug-likeness (QED) is 0.331. The number of benzene rings is 3. The molecule has 32 heavy (non-hydrogen) atoms. The van der Waals surface area contributed by atoms with Crippen molar-refractivity contribution in [3.05, 3.63) is 84.7 Å². The second-order valence-corrected chi connectivity index (χ2v) is 8.81. The van der Waals surface area contributed by atoms with Crippen LogP contribution >= 0.6 is 0 Å². The lowest BCUT2D eigenvalue weighted by molar-refractivity contribution is 0.259. The van der Waals surface area contributed by atoms with Gasteiger partial charge in [0.15, 0.2) is 0 Å². The molecule has 1 heterocycles. The van der Waals surface area contributed by atoms with E-state index in [4.69, 9.17) is 5.41 Å². The molecule has 0 bridgehead atoms. The van der Waals surface area contributed by atoms with Gasteiger partial charge in [0.1, 0.15) is 6.33 Å². The van der Waals surface area contributed by atoms with E-state index in [1.807, 2.05) is 24.5 Å². The Morgan fingerprint density at radius 3 is 2.44 bits per heavy atom. The number of hydrogen-bond acceptors (Lipinski definition) is 3. The fourth-order valence-corrected chi connectivity index (χ4v) is 4.40. The van der Waals surface area contributed by atoms with Gasteiger partial charge in [0.25, 0.3) is 0 Å². The minimum absolute atomic E-state index is 0.192. The lowest BCUT2D eigenvalue weighted by atomic mass is 9.91. The molecule has 0 aliphatic carbocycles. The summed E-state index contributed by atoms with van der Waals surface area (Å²) >= 11 is 0. The van der Waals surface area contributed by atoms with E-state index < -0.39 is 0 Å². The van der Waals surface area contributed by atoms with Crippen molar-refractivity contribution in [2.75, 3.05) is 14.1 Å². The highest BCUT2D eigenvalue weighted by molar-refractivity contribution is 6.02. The van der Waals surface area contributed by atoms with Crippen molar-refractivity contribution in [2.45, 2.75) is 32.7 Å². The van der Waals surface area contributed by atoms with E-state index in [1.165, 1.54) is 11.1 Å². The lowest BCUT2D eigenvalue weighted by Gasteiger charge is -2.26. The molecule has 0 amide bonds. The molecule has 164 valence electrons. The Labute approximate surface area is 191 Å². The summed E-state index contributed by atoms with van der Waals surface area (Å²) in [5, 5.41) is 8.85. The van der Waals surface area contributed by atoms with Crippen molar-refractivity contribution in [1.29, 1.82) is 5.41 Å². The molecular formula is C28H32N4. The van der Waals surface area contributed by atoms with Gasteiger partial charge in [-0.15, -0.1) is 0 Å². The van der Waals surface area contributed by atoms with E-state index in [2.05, 4.69) is 97.0 Å². The van der Waals surface area contributed by atoms with Crippen LogP contribution in [0.25, 0.3) is 27.8 Å². The minimum Gasteiger partial charge on any atom is -0.306 e. The SMILES string of the molecule is CCC(CC(C)C(=N)c1ccc2ncn(-c3cccc(-c4ccccc4)c3)c2c1)N(C)C. The summed E-state index contributed by atoms with van der Waals surface area (Å²) in [6.07, 6.45) is 3.96. The maximum Gasteiger partial charge on any atom is 0.100 e. The van der Waals surface area contributed by atoms with Crippen LogP contribution in [-0.2, 0) is 0 Å². The first-order valence-electron chi connectivity index (χ1n) is 11.4. The number of hydrogen-bond donors (Lipinski definition) is 1. The third kappa shape index (κ3) is 4.51. The first-order chi connectivity index (χ1) is 15.5. The highest BCUT2D eigenvalue weighted by Gasteiger charge is 2.19. The molecule has 0 aliphatic heterocycles. The Morgan fingerprint density at radius 1 is 0.969 bits per heavy atom. The topological polar surface area (TPSA) is 44.9 Å². The molecule has 0 radical (unpaired) electrons. The second-order valence-electron chi connectivity index (χ2n) is 8.81. The van der Waals surface area contributed by atoms with Gasteiger partial charge < -0.3 is 10.3 Å². The second kappa shape index (κ2) is 9.49. The number of imidazole rings is 1. The van der Waals surface area contributed by atoms with E-state index >= 15 is 0 Å². The van der Waals surface area contributed by atoms with Crippen molar-refractivity contribution in [3.63, 3.8) is 0 Å². The third-order valence-corrected chi connectivity index (χ3v) is 6.41. The van der Waals surface area contributed by atoms with Gasteiger partial charge in [-0.05, 0) is 73.8 Å². The Balaban J connectivity index is 1.66. The average Bonchev–Trinajstić information content (AvgIpc) is 3.25. The van der Waals surface area contributed by atoms with Gasteiger partial charge in [0, 0.05) is 17.4 Å². The molecule has 4 heteroatoms. The summed E-state index contributed by atoms with van der Waals surface area (Å²) < 4.78 is 2.12. The zero-order valence-electron chi connectivity index (χ0n) is 19.4. The van der Waals surface area contributed by atoms with Crippen LogP contribution in [0, 0.1) is 11.3 Å². The maximum absolute atomic E-state index is 8.85. The third-order valence-electron chi connectivity index (χ3n) is 6.41. The fourth-order valence-electron chi connectivity index (χ4n) is 4.40. The van der Waals surface area contributed by atoms with Crippen molar-refractivity contribution in [2.24, 2.45) is 5.92 Å². The molecule has 0 aliphatic rings. The molecule has 1 N–H and O–H groups in total. The van der Waals surface area contributed by atoms with Gasteiger partial charge in [0.2, 0.25) is 0 Å². The van der Waals surface area contributed by atoms with Crippen molar-refractivity contribution in [1.82, 2.24) is 14.5 Å². The number of aromatic nitrogens is 2. The highest BCUT2D eigenvalue weighted by Crippen LogP contribution is 2.26. The van der Waals surface area contributed by atoms with Crippen molar-refractivity contribution < 1.29 is 0 Å². The smallest absolute Gasteiger partial charge is 0.100 e. The summed E-state index contributed by atoms with van der Waals surface area (Å²) in [6, 6.07) is 25.6. The predicted molar refractivity (Wildman–Crippen MR) is 135 cm³/mol. The minimum atomic E-state index is 0.192. The molecule has 0 spiro atoms. The van der Waals surface area contributed by atoms with Crippen LogP contribution in [0.4, 0.5) is 0 Å². The Morgan fingerprint density at radius 2 is 1.72 bits per heavy atom. The molecule has 0 saturated carbocycles. The molecule has 0 fully saturated rings. The van der Waals surface area contributed by atoms with E-state index in [0.29, 0.717) is 11.8 Å². The summed E-state index contributed by atoms with van der Waals surface area (Å²) in [5.41, 5.74) is 7.09. The molecule has 4 aromatic rings. The van der Waals surface area contributed by atoms with Crippen LogP contribution in [0.3, 0.4) is 0 Å². The number of rotatable bonds is 8. The fraction of sp³-hybridized carbons (Fsp3) is 0.286. The predicted octanol–water partition coefficient (Wildman–Crippen LogP) is 6.43. The van der Waals surface area contributed by atoms with Crippen LogP contribution < -0.4 is 0 Å². The van der Waals surface area contributed by atoms with Gasteiger partial charge in [0.05, 0.1) is 11.0 Å². The van der Waals surface area contributed by atoms with Gasteiger partial charge in [-0.3, -0.25) is 4.57 Å². The summed E-state index contributed by atoms with van der Waals surface area (Å²) in [4.78, 5) is 6.88. The Hall–Kier alpha value is -3.24. The van der Waals surface area contributed by atoms with Gasteiger partial charge in [-0.25, -0.2) is 4.98 Å². The van der Waals surface area contributed by atoms with Gasteiger partial charge in [-0.1, -0.05) is 62.4 Å². The number of fused-ring (bicyclic) bond motifs is 1. The number of nitrogens with one attached hydrogen (secondary N) is 1. The van der Waals surface area contributed by atoms with E-state index in [9.17, 15) is 0 Å². The zero-order chi connectivity index (χ0) is 22.7. The molecular weight excluding hydrogens is 392 g/mol. The van der Waals surface area contributed by atoms with Crippen LogP contribution in [0.5, 0.6) is 0 Å². The molecule has 1 aromatic heterocycles. The van der Waals surface area contributed by atoms with Gasteiger partial charge >= 0.3 is 0 Å². The van der Waals surface area contributed by atoms with Crippen molar-refractivity contribution in [3.8, 4) is 16.8 Å². The monoisotopic (exact) mass is 424 g/mol. The first-order valence-corrected chi connectivity index (χ1v) is 11.4. The number of nitrogens with zero attached hydrogens (tertiary/aromatic N) is 3. The van der Waals surface area contributed by atoms with E-state index in [1.54, 1.807) is 0 Å². The lowest BCUT2D eigenvalue weighted by Crippen LogP contribution is -2.31. The van der Waals surface area contributed by atoms with Gasteiger partial charge in [-0.2, -0.15) is 0 Å². The van der Waals surface area contributed by atoms with Crippen LogP contribution in [0.15, 0.2) is 79.1 Å². The van der Waals surface area contributed by atoms with E-state index in [0.717, 1.165) is 35.1 Å². The normalized spacial score (nSPS) is 13.4. The van der Waals surface area contributed by atoms with Crippen LogP contribution in [0.2, 0.25) is 0 Å². The van der Waals surface area contributed by atoms with Crippen molar-refractivity contribution >= 4 is 16.7 Å². The summed E-state index contributed by atoms with van der Waals surface area (Å²) in [5.74, 6) is 0.192. The Bertz CT molecular complexity index is 1210. The largest absolute Gasteiger partial charge is 0.306 e. The summed E-state index contributed by atoms with van der Waals surface area (Å²) in [6.45, 7) is 4.38. The maximum atomic E-state index is 8.85. The highest BCUT2D eigenvalue weighted by atomic mass is 15.1. The first kappa shape index (κ1) is 22.0. The molecule has 2 unspecified atom stereocenters. The van der Waals surface area contributed by atoms with Crippen LogP contribution in [-0.4, -0.2) is 40.3 Å². The van der Waals surface area contributed by atoms with E-state index in [-0.39, 0.29) is 5.92 Å². The zero-order valence-corrected chi connectivity index (χ0v) is 19.4. The molecule has 4 rings (SSSR count). The molecule has 3 aromatic carbocycles.